The Hall–Kier alpha value is -1.18. The Morgan fingerprint density at radius 1 is 1.18 bits per heavy atom. The summed E-state index contributed by atoms with van der Waals surface area (Å²) >= 11 is 0. The van der Waals surface area contributed by atoms with Gasteiger partial charge in [0.15, 0.2) is 0 Å². The predicted molar refractivity (Wildman–Crippen MR) is 49.8 cm³/mol. The summed E-state index contributed by atoms with van der Waals surface area (Å²) in [7, 11) is 3.78. The fourth-order valence-corrected chi connectivity index (χ4v) is 1.10. The molecular weight excluding hydrogens is 138 g/mol. The van der Waals surface area contributed by atoms with E-state index in [9.17, 15) is 4.79 Å². The Morgan fingerprint density at radius 3 is 2.00 bits per heavy atom. The fourth-order valence-electron chi connectivity index (χ4n) is 1.10. The average Bonchev–Trinajstić information content (AvgIpc) is 1.85. The summed E-state index contributed by atoms with van der Waals surface area (Å²) in [6, 6.07) is 5.27. The van der Waals surface area contributed by atoms with Gasteiger partial charge in [0.25, 0.3) is 0 Å². The monoisotopic (exact) mass is 146 g/mol. The topological polar surface area (TPSA) is 37.3 Å². The number of carbonyl (C=O) groups is 1. The van der Waals surface area contributed by atoms with E-state index in [-0.39, 0.29) is 0 Å². The van der Waals surface area contributed by atoms with Gasteiger partial charge in [-0.2, -0.15) is 0 Å². The Labute approximate surface area is 67.1 Å². The van der Waals surface area contributed by atoms with E-state index >= 15 is 0 Å². The molecule has 0 spiro atoms. The van der Waals surface area contributed by atoms with Crippen molar-refractivity contribution in [3.05, 3.63) is 23.8 Å². The second-order valence-electron chi connectivity index (χ2n) is 2.68. The third-order valence-electron chi connectivity index (χ3n) is 1.47. The maximum atomic E-state index is 10.5. The van der Waals surface area contributed by atoms with Gasteiger partial charge in [-0.1, -0.05) is 29.1 Å². The lowest BCUT2D eigenvalue weighted by Gasteiger charge is -1.98. The summed E-state index contributed by atoms with van der Waals surface area (Å²) in [6.45, 7) is 0. The van der Waals surface area contributed by atoms with Crippen molar-refractivity contribution < 1.29 is 9.90 Å². The normalized spacial score (nSPS) is 9.45. The lowest BCUT2D eigenvalue weighted by molar-refractivity contribution is 0.0697. The first kappa shape index (κ1) is 7.92. The van der Waals surface area contributed by atoms with Gasteiger partial charge in [-0.15, -0.1) is 0 Å². The van der Waals surface area contributed by atoms with Crippen LogP contribution in [0, 0.1) is 0 Å². The molecule has 1 N–H and O–H groups in total. The Balaban J connectivity index is 3.19. The highest BCUT2D eigenvalue weighted by molar-refractivity contribution is 6.38. The van der Waals surface area contributed by atoms with E-state index in [0.717, 1.165) is 10.9 Å². The number of rotatable bonds is 1. The van der Waals surface area contributed by atoms with Crippen LogP contribution in [0.4, 0.5) is 0 Å². The van der Waals surface area contributed by atoms with Crippen LogP contribution < -0.4 is 10.9 Å². The van der Waals surface area contributed by atoms with Gasteiger partial charge in [-0.3, -0.25) is 0 Å². The molecule has 0 unspecified atom stereocenters. The minimum atomic E-state index is -0.864. The molecule has 0 aliphatic rings. The minimum absolute atomic E-state index is 0.363. The number of hydrogen-bond acceptors (Lipinski definition) is 1. The molecule has 1 rings (SSSR count). The molecule has 0 bridgehead atoms. The maximum Gasteiger partial charge on any atom is 0.335 e. The molecule has 0 saturated carbocycles. The predicted octanol–water partition coefficient (Wildman–Crippen LogP) is -2.10. The minimum Gasteiger partial charge on any atom is -0.478 e. The fraction of sp³-hybridized carbons (Fsp3) is 0. The average molecular weight is 146 g/mol. The quantitative estimate of drug-likeness (QED) is 0.460. The standard InChI is InChI=1S/C7H8B2O2/c8-5-1-4(7(10)11)2-6(9)3-5/h1-3H,8-9H2,(H,10,11). The molecule has 0 aromatic heterocycles. The summed E-state index contributed by atoms with van der Waals surface area (Å²) in [5.74, 6) is -0.864. The van der Waals surface area contributed by atoms with Crippen LogP contribution in [0.3, 0.4) is 0 Å². The van der Waals surface area contributed by atoms with Crippen LogP contribution in [0.2, 0.25) is 0 Å². The van der Waals surface area contributed by atoms with E-state index in [1.54, 1.807) is 12.1 Å². The largest absolute Gasteiger partial charge is 0.478 e. The zero-order valence-electron chi connectivity index (χ0n) is 6.59. The van der Waals surface area contributed by atoms with Gasteiger partial charge in [0, 0.05) is 0 Å². The van der Waals surface area contributed by atoms with Crippen molar-refractivity contribution in [2.24, 2.45) is 0 Å². The van der Waals surface area contributed by atoms with Gasteiger partial charge >= 0.3 is 5.97 Å². The molecule has 0 heterocycles. The van der Waals surface area contributed by atoms with Crippen molar-refractivity contribution in [1.82, 2.24) is 0 Å². The highest BCUT2D eigenvalue weighted by atomic mass is 16.4. The summed E-state index contributed by atoms with van der Waals surface area (Å²) < 4.78 is 0. The first-order valence-corrected chi connectivity index (χ1v) is 3.41. The van der Waals surface area contributed by atoms with Gasteiger partial charge in [0.05, 0.1) is 5.56 Å². The molecule has 2 nitrogen and oxygen atoms in total. The van der Waals surface area contributed by atoms with E-state index in [2.05, 4.69) is 0 Å². The van der Waals surface area contributed by atoms with Gasteiger partial charge in [0.2, 0.25) is 0 Å². The third-order valence-corrected chi connectivity index (χ3v) is 1.47. The summed E-state index contributed by atoms with van der Waals surface area (Å²) in [5.41, 5.74) is 2.34. The van der Waals surface area contributed by atoms with E-state index < -0.39 is 5.97 Å². The zero-order chi connectivity index (χ0) is 8.43. The van der Waals surface area contributed by atoms with E-state index in [1.165, 1.54) is 0 Å². The SMILES string of the molecule is Bc1cc(B)cc(C(=O)O)c1. The Morgan fingerprint density at radius 2 is 1.64 bits per heavy atom. The second kappa shape index (κ2) is 2.82. The van der Waals surface area contributed by atoms with Gasteiger partial charge in [-0.05, 0) is 0 Å². The molecule has 0 aliphatic carbocycles. The van der Waals surface area contributed by atoms with Crippen LogP contribution in [0.5, 0.6) is 0 Å². The summed E-state index contributed by atoms with van der Waals surface area (Å²) in [5, 5.41) is 8.63. The van der Waals surface area contributed by atoms with Crippen molar-refractivity contribution in [1.29, 1.82) is 0 Å². The second-order valence-corrected chi connectivity index (χ2v) is 2.68. The van der Waals surface area contributed by atoms with Crippen molar-refractivity contribution in [3.63, 3.8) is 0 Å². The van der Waals surface area contributed by atoms with E-state index in [1.807, 2.05) is 21.8 Å². The molecule has 0 fully saturated rings. The third kappa shape index (κ3) is 1.87. The molecule has 54 valence electrons. The molecule has 1 aromatic rings. The summed E-state index contributed by atoms with van der Waals surface area (Å²) in [6.07, 6.45) is 0. The van der Waals surface area contributed by atoms with E-state index in [4.69, 9.17) is 5.11 Å². The number of carboxylic acid groups (broad SMARTS) is 1. The molecule has 0 aliphatic heterocycles. The smallest absolute Gasteiger partial charge is 0.335 e. The highest BCUT2D eigenvalue weighted by Gasteiger charge is 2.01. The van der Waals surface area contributed by atoms with Gasteiger partial charge in [-0.25, -0.2) is 4.79 Å². The van der Waals surface area contributed by atoms with Crippen molar-refractivity contribution in [3.8, 4) is 0 Å². The summed E-state index contributed by atoms with van der Waals surface area (Å²) in [4.78, 5) is 10.5. The van der Waals surface area contributed by atoms with Crippen LogP contribution in [0.1, 0.15) is 10.4 Å². The lowest BCUT2D eigenvalue weighted by atomic mass is 9.85. The molecule has 0 atom stereocenters. The van der Waals surface area contributed by atoms with Gasteiger partial charge < -0.3 is 5.11 Å². The maximum absolute atomic E-state index is 10.5. The molecule has 0 saturated heterocycles. The first-order chi connectivity index (χ1) is 5.09. The van der Waals surface area contributed by atoms with Crippen LogP contribution in [-0.4, -0.2) is 26.8 Å². The van der Waals surface area contributed by atoms with Crippen LogP contribution in [0.25, 0.3) is 0 Å². The molecule has 1 aromatic carbocycles. The van der Waals surface area contributed by atoms with Crippen LogP contribution in [0.15, 0.2) is 18.2 Å². The molecule has 11 heavy (non-hydrogen) atoms. The Kier molecular flexibility index (Phi) is 2.03. The van der Waals surface area contributed by atoms with E-state index in [0.29, 0.717) is 5.56 Å². The van der Waals surface area contributed by atoms with Crippen LogP contribution in [-0.2, 0) is 0 Å². The number of benzene rings is 1. The molecule has 0 radical (unpaired) electrons. The molecule has 0 amide bonds. The number of hydrogen-bond donors (Lipinski definition) is 1. The molecule has 4 heteroatoms. The first-order valence-electron chi connectivity index (χ1n) is 3.41. The number of carboxylic acids is 1. The highest BCUT2D eigenvalue weighted by Crippen LogP contribution is 1.92. The van der Waals surface area contributed by atoms with Crippen molar-refractivity contribution in [2.75, 3.05) is 0 Å². The van der Waals surface area contributed by atoms with Crippen molar-refractivity contribution >= 4 is 32.6 Å². The van der Waals surface area contributed by atoms with Crippen LogP contribution >= 0.6 is 0 Å². The lowest BCUT2D eigenvalue weighted by Crippen LogP contribution is -2.16. The van der Waals surface area contributed by atoms with Gasteiger partial charge in [0.1, 0.15) is 15.7 Å². The van der Waals surface area contributed by atoms with Crippen molar-refractivity contribution in [2.45, 2.75) is 0 Å². The number of aromatic carboxylic acids is 1. The molecular formula is C7H8B2O2. The zero-order valence-corrected chi connectivity index (χ0v) is 6.59. The Bertz CT molecular complexity index is 276.